The summed E-state index contributed by atoms with van der Waals surface area (Å²) in [5.74, 6) is 0. The summed E-state index contributed by atoms with van der Waals surface area (Å²) in [6.07, 6.45) is 9.54. The Hall–Kier alpha value is -1.13. The van der Waals surface area contributed by atoms with Crippen LogP contribution in [0.5, 0.6) is 0 Å². The van der Waals surface area contributed by atoms with Crippen molar-refractivity contribution in [3.05, 3.63) is 66.5 Å². The third-order valence-corrected chi connectivity index (χ3v) is 8.03. The standard InChI is InChI=1S/C16H23P/c1-5-7-9-12-15(3)17(4,6-2)16-13-10-8-11-14-16/h5,7-14,17H,3,6H2,1-2,4H3/b7-5-,12-9-. The van der Waals surface area contributed by atoms with Crippen molar-refractivity contribution in [3.63, 3.8) is 0 Å². The van der Waals surface area contributed by atoms with Gasteiger partial charge in [0.25, 0.3) is 0 Å². The van der Waals surface area contributed by atoms with Crippen LogP contribution < -0.4 is 5.30 Å². The first-order valence-corrected chi connectivity index (χ1v) is 8.90. The molecular weight excluding hydrogens is 223 g/mol. The monoisotopic (exact) mass is 246 g/mol. The average Bonchev–Trinajstić information content (AvgIpc) is 2.39. The van der Waals surface area contributed by atoms with Crippen molar-refractivity contribution in [1.29, 1.82) is 0 Å². The number of rotatable bonds is 5. The summed E-state index contributed by atoms with van der Waals surface area (Å²) in [5.41, 5.74) is 0. The van der Waals surface area contributed by atoms with Crippen LogP contribution in [0.2, 0.25) is 0 Å². The molecule has 0 radical (unpaired) electrons. The molecule has 0 spiro atoms. The topological polar surface area (TPSA) is 0 Å². The summed E-state index contributed by atoms with van der Waals surface area (Å²) in [6.45, 7) is 11.0. The van der Waals surface area contributed by atoms with Gasteiger partial charge in [0.2, 0.25) is 0 Å². The Morgan fingerprint density at radius 2 is 1.88 bits per heavy atom. The van der Waals surface area contributed by atoms with E-state index in [0.29, 0.717) is 0 Å². The minimum atomic E-state index is -1.57. The van der Waals surface area contributed by atoms with Crippen molar-refractivity contribution >= 4 is 12.6 Å². The predicted molar refractivity (Wildman–Crippen MR) is 84.0 cm³/mol. The molecular formula is C16H23P. The van der Waals surface area contributed by atoms with E-state index in [0.717, 1.165) is 0 Å². The van der Waals surface area contributed by atoms with Crippen molar-refractivity contribution < 1.29 is 0 Å². The molecule has 1 heteroatoms. The third kappa shape index (κ3) is 3.41. The zero-order valence-electron chi connectivity index (χ0n) is 11.1. The first-order valence-electron chi connectivity index (χ1n) is 6.19. The molecule has 17 heavy (non-hydrogen) atoms. The van der Waals surface area contributed by atoms with Crippen LogP contribution in [0.15, 0.2) is 66.5 Å². The first kappa shape index (κ1) is 13.9. The molecule has 0 aliphatic carbocycles. The fourth-order valence-electron chi connectivity index (χ4n) is 1.89. The molecule has 0 nitrogen and oxygen atoms in total. The first-order chi connectivity index (χ1) is 8.15. The summed E-state index contributed by atoms with van der Waals surface area (Å²) in [7, 11) is -1.57. The maximum atomic E-state index is 4.29. The van der Waals surface area contributed by atoms with Crippen LogP contribution in [0.25, 0.3) is 0 Å². The summed E-state index contributed by atoms with van der Waals surface area (Å²) in [4.78, 5) is 0. The van der Waals surface area contributed by atoms with E-state index in [9.17, 15) is 0 Å². The van der Waals surface area contributed by atoms with Gasteiger partial charge in [-0.2, -0.15) is 0 Å². The molecule has 0 aliphatic heterocycles. The average molecular weight is 246 g/mol. The van der Waals surface area contributed by atoms with Crippen molar-refractivity contribution in [1.82, 2.24) is 0 Å². The number of benzene rings is 1. The van der Waals surface area contributed by atoms with Gasteiger partial charge in [-0.1, -0.05) is 0 Å². The van der Waals surface area contributed by atoms with E-state index in [-0.39, 0.29) is 0 Å². The number of hydrogen-bond acceptors (Lipinski definition) is 0. The van der Waals surface area contributed by atoms with Gasteiger partial charge in [-0.25, -0.2) is 0 Å². The van der Waals surface area contributed by atoms with Crippen LogP contribution in [0.1, 0.15) is 13.8 Å². The normalized spacial score (nSPS) is 13.4. The molecule has 1 rings (SSSR count). The molecule has 0 saturated carbocycles. The summed E-state index contributed by atoms with van der Waals surface area (Å²) in [5, 5.41) is 2.77. The molecule has 0 unspecified atom stereocenters. The molecule has 0 saturated heterocycles. The van der Waals surface area contributed by atoms with Crippen LogP contribution in [0, 0.1) is 0 Å². The number of allylic oxidation sites excluding steroid dienone is 5. The van der Waals surface area contributed by atoms with Crippen molar-refractivity contribution in [2.24, 2.45) is 0 Å². The van der Waals surface area contributed by atoms with Crippen LogP contribution in [0.3, 0.4) is 0 Å². The Kier molecular flexibility index (Phi) is 5.38. The zero-order valence-corrected chi connectivity index (χ0v) is 12.1. The molecule has 0 atom stereocenters. The summed E-state index contributed by atoms with van der Waals surface area (Å²) < 4.78 is 0. The van der Waals surface area contributed by atoms with Gasteiger partial charge in [0.1, 0.15) is 0 Å². The molecule has 0 fully saturated rings. The van der Waals surface area contributed by atoms with Gasteiger partial charge in [-0.05, 0) is 0 Å². The van der Waals surface area contributed by atoms with Crippen molar-refractivity contribution in [2.45, 2.75) is 13.8 Å². The second-order valence-electron chi connectivity index (χ2n) is 4.46. The third-order valence-electron chi connectivity index (χ3n) is 3.43. The van der Waals surface area contributed by atoms with E-state index < -0.39 is 7.26 Å². The maximum absolute atomic E-state index is 4.29. The SMILES string of the molecule is C=C(/C=C\C=C/C)[PH](C)(CC)c1ccccc1. The van der Waals surface area contributed by atoms with Gasteiger partial charge in [0.05, 0.1) is 0 Å². The Morgan fingerprint density at radius 1 is 1.24 bits per heavy atom. The van der Waals surface area contributed by atoms with Gasteiger partial charge in [0.15, 0.2) is 0 Å². The van der Waals surface area contributed by atoms with Crippen LogP contribution in [-0.2, 0) is 0 Å². The van der Waals surface area contributed by atoms with E-state index in [1.165, 1.54) is 16.8 Å². The van der Waals surface area contributed by atoms with E-state index in [1.807, 2.05) is 13.0 Å². The molecule has 0 heterocycles. The van der Waals surface area contributed by atoms with Gasteiger partial charge < -0.3 is 0 Å². The van der Waals surface area contributed by atoms with E-state index in [2.05, 4.69) is 68.7 Å². The molecule has 0 amide bonds. The van der Waals surface area contributed by atoms with Crippen molar-refractivity contribution in [3.8, 4) is 0 Å². The Morgan fingerprint density at radius 3 is 2.41 bits per heavy atom. The zero-order chi connectivity index (χ0) is 12.7. The Labute approximate surface area is 106 Å². The summed E-state index contributed by atoms with van der Waals surface area (Å²) in [6, 6.07) is 10.8. The summed E-state index contributed by atoms with van der Waals surface area (Å²) >= 11 is 0. The fraction of sp³-hybridized carbons (Fsp3) is 0.250. The molecule has 1 aromatic rings. The number of hydrogen-bond donors (Lipinski definition) is 0. The second-order valence-corrected chi connectivity index (χ2v) is 9.05. The van der Waals surface area contributed by atoms with Gasteiger partial charge >= 0.3 is 106 Å². The van der Waals surface area contributed by atoms with Crippen LogP contribution in [-0.4, -0.2) is 12.8 Å². The second kappa shape index (κ2) is 6.57. The molecule has 0 aliphatic rings. The van der Waals surface area contributed by atoms with E-state index in [1.54, 1.807) is 0 Å². The van der Waals surface area contributed by atoms with Crippen molar-refractivity contribution in [2.75, 3.05) is 12.8 Å². The molecule has 1 aromatic carbocycles. The molecule has 0 bridgehead atoms. The molecule has 0 N–H and O–H groups in total. The quantitative estimate of drug-likeness (QED) is 0.535. The Bertz CT molecular complexity index is 414. The van der Waals surface area contributed by atoms with Gasteiger partial charge in [-0.15, -0.1) is 0 Å². The predicted octanol–water partition coefficient (Wildman–Crippen LogP) is 4.36. The molecule has 0 aromatic heterocycles. The van der Waals surface area contributed by atoms with Crippen LogP contribution >= 0.6 is 7.26 Å². The van der Waals surface area contributed by atoms with E-state index in [4.69, 9.17) is 0 Å². The van der Waals surface area contributed by atoms with Crippen LogP contribution in [0.4, 0.5) is 0 Å². The fourth-order valence-corrected chi connectivity index (χ4v) is 4.51. The molecule has 92 valence electrons. The van der Waals surface area contributed by atoms with Gasteiger partial charge in [-0.3, -0.25) is 0 Å². The van der Waals surface area contributed by atoms with Gasteiger partial charge in [0, 0.05) is 0 Å². The Balaban J connectivity index is 3.00. The minimum absolute atomic E-state index is 1.19. The van der Waals surface area contributed by atoms with E-state index >= 15 is 0 Å².